The van der Waals surface area contributed by atoms with Crippen LogP contribution < -0.4 is 0 Å². The lowest BCUT2D eigenvalue weighted by atomic mass is 10.3. The van der Waals surface area contributed by atoms with Crippen molar-refractivity contribution >= 4 is 0 Å². The molecule has 0 aromatic heterocycles. The van der Waals surface area contributed by atoms with E-state index in [0.29, 0.717) is 0 Å². The molecule has 0 rings (SSSR count). The molecule has 0 N–H and O–H groups in total. The van der Waals surface area contributed by atoms with E-state index in [2.05, 4.69) is 6.92 Å². The first-order valence-corrected chi connectivity index (χ1v) is 2.39. The fraction of sp³-hybridized carbons (Fsp3) is 0.286. The molecule has 0 amide bonds. The third-order valence-corrected chi connectivity index (χ3v) is 0.605. The van der Waals surface area contributed by atoms with Gasteiger partial charge in [-0.1, -0.05) is 24.8 Å². The van der Waals surface area contributed by atoms with Crippen LogP contribution in [0.3, 0.4) is 0 Å². The Morgan fingerprint density at radius 1 is 1.43 bits per heavy atom. The maximum Gasteiger partial charge on any atom is -0.0166 e. The maximum atomic E-state index is 5.07. The van der Waals surface area contributed by atoms with Gasteiger partial charge in [-0.15, -0.1) is 0 Å². The summed E-state index contributed by atoms with van der Waals surface area (Å²) in [7, 11) is 0. The molecule has 0 atom stereocenters. The molecule has 0 aromatic carbocycles. The molecule has 0 aliphatic rings. The van der Waals surface area contributed by atoms with Crippen LogP contribution in [0.2, 0.25) is 0 Å². The van der Waals surface area contributed by atoms with Gasteiger partial charge in [0.1, 0.15) is 0 Å². The summed E-state index contributed by atoms with van der Waals surface area (Å²) in [6, 6.07) is 0. The second-order valence-corrected chi connectivity index (χ2v) is 1.23. The van der Waals surface area contributed by atoms with Crippen LogP contribution >= 0.6 is 0 Å². The minimum Gasteiger partial charge on any atom is -0.0882 e. The van der Waals surface area contributed by atoms with Crippen LogP contribution in [0.1, 0.15) is 12.8 Å². The standard InChI is InChI=1S/C7H10/c1-3-5-7-6-4-2/h1,3,6-7H,2,4-5H2. The molecule has 0 aromatic rings. The first-order chi connectivity index (χ1) is 3.41. The van der Waals surface area contributed by atoms with E-state index < -0.39 is 0 Å². The third-order valence-electron chi connectivity index (χ3n) is 0.605. The van der Waals surface area contributed by atoms with Gasteiger partial charge in [0.05, 0.1) is 0 Å². The van der Waals surface area contributed by atoms with Crippen LogP contribution in [0.25, 0.3) is 0 Å². The van der Waals surface area contributed by atoms with E-state index in [9.17, 15) is 0 Å². The van der Waals surface area contributed by atoms with Gasteiger partial charge < -0.3 is 0 Å². The SMILES string of the molecule is [CH]=CCC=CC[CH2]. The maximum absolute atomic E-state index is 5.07. The van der Waals surface area contributed by atoms with E-state index in [1.54, 1.807) is 6.08 Å². The zero-order valence-electron chi connectivity index (χ0n) is 4.43. The van der Waals surface area contributed by atoms with Crippen LogP contribution in [-0.2, 0) is 0 Å². The third kappa shape index (κ3) is 5.48. The van der Waals surface area contributed by atoms with Crippen molar-refractivity contribution in [1.82, 2.24) is 0 Å². The Morgan fingerprint density at radius 2 is 2.14 bits per heavy atom. The van der Waals surface area contributed by atoms with Gasteiger partial charge in [-0.05, 0) is 19.8 Å². The molecule has 2 radical (unpaired) electrons. The zero-order valence-corrected chi connectivity index (χ0v) is 4.43. The molecule has 0 saturated carbocycles. The normalized spacial score (nSPS) is 9.86. The molecule has 0 aliphatic heterocycles. The second-order valence-electron chi connectivity index (χ2n) is 1.23. The van der Waals surface area contributed by atoms with Crippen molar-refractivity contribution in [3.63, 3.8) is 0 Å². The summed E-state index contributed by atoms with van der Waals surface area (Å²) in [6.45, 7) is 8.69. The highest BCUT2D eigenvalue weighted by Gasteiger charge is 1.63. The van der Waals surface area contributed by atoms with E-state index in [1.807, 2.05) is 12.2 Å². The van der Waals surface area contributed by atoms with Gasteiger partial charge in [0, 0.05) is 0 Å². The van der Waals surface area contributed by atoms with Crippen LogP contribution in [-0.4, -0.2) is 0 Å². The lowest BCUT2D eigenvalue weighted by Crippen LogP contribution is -1.54. The Kier molecular flexibility index (Phi) is 5.07. The average Bonchev–Trinajstić information content (AvgIpc) is 1.69. The van der Waals surface area contributed by atoms with Gasteiger partial charge in [0.2, 0.25) is 0 Å². The molecule has 0 heteroatoms. The van der Waals surface area contributed by atoms with E-state index in [1.165, 1.54) is 0 Å². The molecule has 0 nitrogen and oxygen atoms in total. The first kappa shape index (κ1) is 6.48. The Balaban J connectivity index is 2.92. The molecule has 0 heterocycles. The first-order valence-electron chi connectivity index (χ1n) is 2.39. The zero-order chi connectivity index (χ0) is 5.54. The molecule has 0 spiro atoms. The summed E-state index contributed by atoms with van der Waals surface area (Å²) in [6.07, 6.45) is 7.31. The van der Waals surface area contributed by atoms with E-state index in [4.69, 9.17) is 6.58 Å². The van der Waals surface area contributed by atoms with Crippen LogP contribution in [0.5, 0.6) is 0 Å². The molecule has 0 saturated heterocycles. The summed E-state index contributed by atoms with van der Waals surface area (Å²) in [5, 5.41) is 0. The molecule has 0 aliphatic carbocycles. The summed E-state index contributed by atoms with van der Waals surface area (Å²) in [5.74, 6) is 0. The Hall–Kier alpha value is -0.520. The Morgan fingerprint density at radius 3 is 2.57 bits per heavy atom. The molecule has 7 heavy (non-hydrogen) atoms. The van der Waals surface area contributed by atoms with Crippen LogP contribution in [0.4, 0.5) is 0 Å². The highest BCUT2D eigenvalue weighted by atomic mass is 13.7. The molecule has 0 fully saturated rings. The quantitative estimate of drug-likeness (QED) is 0.470. The molecular weight excluding hydrogens is 84.1 g/mol. The predicted molar refractivity (Wildman–Crippen MR) is 32.6 cm³/mol. The second kappa shape index (κ2) is 5.48. The minimum absolute atomic E-state index is 0.855. The molecule has 0 unspecified atom stereocenters. The molecule has 38 valence electrons. The van der Waals surface area contributed by atoms with Crippen LogP contribution in [0, 0.1) is 13.5 Å². The van der Waals surface area contributed by atoms with Gasteiger partial charge in [0.15, 0.2) is 0 Å². The predicted octanol–water partition coefficient (Wildman–Crippen LogP) is 2.15. The van der Waals surface area contributed by atoms with Crippen molar-refractivity contribution in [1.29, 1.82) is 0 Å². The highest BCUT2D eigenvalue weighted by Crippen LogP contribution is 1.83. The monoisotopic (exact) mass is 94.1 g/mol. The van der Waals surface area contributed by atoms with E-state index in [0.717, 1.165) is 12.8 Å². The van der Waals surface area contributed by atoms with Crippen molar-refractivity contribution < 1.29 is 0 Å². The van der Waals surface area contributed by atoms with Crippen molar-refractivity contribution in [3.8, 4) is 0 Å². The van der Waals surface area contributed by atoms with Gasteiger partial charge in [-0.25, -0.2) is 0 Å². The van der Waals surface area contributed by atoms with Crippen molar-refractivity contribution in [2.24, 2.45) is 0 Å². The lowest BCUT2D eigenvalue weighted by Gasteiger charge is -1.74. The lowest BCUT2D eigenvalue weighted by molar-refractivity contribution is 1.32. The Bertz CT molecular complexity index is 60.4. The largest absolute Gasteiger partial charge is 0.0882 e. The summed E-state index contributed by atoms with van der Waals surface area (Å²) < 4.78 is 0. The van der Waals surface area contributed by atoms with Gasteiger partial charge >= 0.3 is 0 Å². The summed E-state index contributed by atoms with van der Waals surface area (Å²) in [4.78, 5) is 0. The smallest absolute Gasteiger partial charge is 0.0166 e. The minimum atomic E-state index is 0.855. The van der Waals surface area contributed by atoms with Gasteiger partial charge in [-0.3, -0.25) is 0 Å². The van der Waals surface area contributed by atoms with Crippen molar-refractivity contribution in [2.75, 3.05) is 0 Å². The van der Waals surface area contributed by atoms with Gasteiger partial charge in [-0.2, -0.15) is 0 Å². The number of hydrogen-bond donors (Lipinski definition) is 0. The molecule has 0 bridgehead atoms. The van der Waals surface area contributed by atoms with Crippen molar-refractivity contribution in [3.05, 3.63) is 31.7 Å². The van der Waals surface area contributed by atoms with E-state index in [-0.39, 0.29) is 0 Å². The topological polar surface area (TPSA) is 0 Å². The average molecular weight is 94.2 g/mol. The fourth-order valence-corrected chi connectivity index (χ4v) is 0.293. The number of hydrogen-bond acceptors (Lipinski definition) is 0. The highest BCUT2D eigenvalue weighted by molar-refractivity contribution is 4.87. The Labute approximate surface area is 45.5 Å². The van der Waals surface area contributed by atoms with Crippen molar-refractivity contribution in [2.45, 2.75) is 12.8 Å². The van der Waals surface area contributed by atoms with Gasteiger partial charge in [0.25, 0.3) is 0 Å². The summed E-state index contributed by atoms with van der Waals surface area (Å²) in [5.41, 5.74) is 0. The number of allylic oxidation sites excluding steroid dienone is 3. The van der Waals surface area contributed by atoms with E-state index >= 15 is 0 Å². The molecular formula is C7H10. The van der Waals surface area contributed by atoms with Crippen LogP contribution in [0.15, 0.2) is 18.2 Å². The summed E-state index contributed by atoms with van der Waals surface area (Å²) >= 11 is 0. The fourth-order valence-electron chi connectivity index (χ4n) is 0.293. The number of rotatable bonds is 3.